The average molecular weight is 524 g/mol. The van der Waals surface area contributed by atoms with E-state index in [1.54, 1.807) is 36.7 Å². The zero-order valence-corrected chi connectivity index (χ0v) is 21.6. The molecule has 10 heteroatoms. The normalized spacial score (nSPS) is 17.0. The van der Waals surface area contributed by atoms with Crippen molar-refractivity contribution >= 4 is 23.2 Å². The second-order valence-electron chi connectivity index (χ2n) is 9.76. The third kappa shape index (κ3) is 5.23. The molecule has 0 saturated carbocycles. The zero-order valence-electron chi connectivity index (χ0n) is 21.6. The summed E-state index contributed by atoms with van der Waals surface area (Å²) in [5.74, 6) is 2.09. The summed E-state index contributed by atoms with van der Waals surface area (Å²) in [6.45, 7) is 5.18. The van der Waals surface area contributed by atoms with Crippen LogP contribution in [0.3, 0.4) is 0 Å². The average Bonchev–Trinajstić information content (AvgIpc) is 2.97. The Balaban J connectivity index is 1.33. The van der Waals surface area contributed by atoms with Gasteiger partial charge in [0, 0.05) is 48.4 Å². The first kappa shape index (κ1) is 24.7. The van der Waals surface area contributed by atoms with E-state index in [4.69, 9.17) is 14.7 Å². The minimum atomic E-state index is -0.167. The number of ether oxygens (including phenoxy) is 1. The minimum absolute atomic E-state index is 0.0513. The summed E-state index contributed by atoms with van der Waals surface area (Å²) in [7, 11) is 0. The number of pyridine rings is 2. The standard InChI is InChI=1S/C29H29N7O3/c1-19-18-39-15-14-36(19)28-23-11-13-35(29(38)21-4-3-12-30-16-21)17-24(23)32-27(34-28)20-7-9-22(10-8-20)31-25-5-2-6-26(37)33-25/h2-10,12,16,19H,11,13-15,17-18H2,1H3,(H2,31,33,37). The first-order valence-corrected chi connectivity index (χ1v) is 13.1. The van der Waals surface area contributed by atoms with Crippen LogP contribution >= 0.6 is 0 Å². The quantitative estimate of drug-likeness (QED) is 0.409. The van der Waals surface area contributed by atoms with Crippen molar-refractivity contribution < 1.29 is 9.53 Å². The third-order valence-corrected chi connectivity index (χ3v) is 7.07. The van der Waals surface area contributed by atoms with Crippen LogP contribution in [-0.4, -0.2) is 63.1 Å². The van der Waals surface area contributed by atoms with Crippen molar-refractivity contribution in [3.05, 3.63) is 94.2 Å². The molecule has 2 aliphatic rings. The number of morpholine rings is 1. The van der Waals surface area contributed by atoms with Gasteiger partial charge in [0.1, 0.15) is 11.6 Å². The van der Waals surface area contributed by atoms with E-state index in [-0.39, 0.29) is 17.5 Å². The van der Waals surface area contributed by atoms with Crippen LogP contribution in [-0.2, 0) is 17.7 Å². The van der Waals surface area contributed by atoms with Crippen molar-refractivity contribution in [2.75, 3.05) is 36.5 Å². The molecule has 0 radical (unpaired) electrons. The van der Waals surface area contributed by atoms with E-state index in [0.29, 0.717) is 49.9 Å². The summed E-state index contributed by atoms with van der Waals surface area (Å²) in [6, 6.07) is 16.5. The lowest BCUT2D eigenvalue weighted by Gasteiger charge is -2.37. The molecule has 3 aromatic heterocycles. The summed E-state index contributed by atoms with van der Waals surface area (Å²) >= 11 is 0. The molecule has 2 N–H and O–H groups in total. The van der Waals surface area contributed by atoms with Gasteiger partial charge in [0.05, 0.1) is 37.1 Å². The fraction of sp³-hybridized carbons (Fsp3) is 0.276. The minimum Gasteiger partial charge on any atom is -0.377 e. The van der Waals surface area contributed by atoms with Crippen molar-refractivity contribution in [1.82, 2.24) is 24.8 Å². The van der Waals surface area contributed by atoms with Gasteiger partial charge in [-0.05, 0) is 55.8 Å². The van der Waals surface area contributed by atoms with Gasteiger partial charge < -0.3 is 24.8 Å². The first-order valence-electron chi connectivity index (χ1n) is 13.1. The molecule has 198 valence electrons. The highest BCUT2D eigenvalue weighted by atomic mass is 16.5. The number of fused-ring (bicyclic) bond motifs is 1. The number of nitrogens with one attached hydrogen (secondary N) is 2. The molecule has 0 spiro atoms. The fourth-order valence-electron chi connectivity index (χ4n) is 5.04. The predicted molar refractivity (Wildman–Crippen MR) is 148 cm³/mol. The number of carbonyl (C=O) groups excluding carboxylic acids is 1. The lowest BCUT2D eigenvalue weighted by molar-refractivity contribution is 0.0731. The van der Waals surface area contributed by atoms with Gasteiger partial charge in [0.25, 0.3) is 5.91 Å². The number of H-pyrrole nitrogens is 1. The van der Waals surface area contributed by atoms with Crippen LogP contribution in [0.2, 0.25) is 0 Å². The third-order valence-electron chi connectivity index (χ3n) is 7.07. The van der Waals surface area contributed by atoms with Crippen molar-refractivity contribution in [2.24, 2.45) is 0 Å². The first-order chi connectivity index (χ1) is 19.0. The molecule has 1 aromatic carbocycles. The van der Waals surface area contributed by atoms with Gasteiger partial charge in [-0.2, -0.15) is 0 Å². The Labute approximate surface area is 225 Å². The van der Waals surface area contributed by atoms with Gasteiger partial charge in [-0.15, -0.1) is 0 Å². The molecule has 5 heterocycles. The molecule has 39 heavy (non-hydrogen) atoms. The SMILES string of the molecule is CC1COCCN1c1nc(-c2ccc(Nc3cccc(=O)[nH]3)cc2)nc2c1CCN(C(=O)c1cccnc1)C2. The highest BCUT2D eigenvalue weighted by molar-refractivity contribution is 5.94. The molecule has 1 atom stereocenters. The monoisotopic (exact) mass is 523 g/mol. The summed E-state index contributed by atoms with van der Waals surface area (Å²) in [6.07, 6.45) is 3.95. The molecular weight excluding hydrogens is 494 g/mol. The van der Waals surface area contributed by atoms with E-state index in [2.05, 4.69) is 27.1 Å². The largest absolute Gasteiger partial charge is 0.377 e. The molecule has 10 nitrogen and oxygen atoms in total. The molecule has 6 rings (SSSR count). The topological polar surface area (TPSA) is 116 Å². The number of amides is 1. The summed E-state index contributed by atoms with van der Waals surface area (Å²) in [5.41, 5.74) is 4.05. The maximum Gasteiger partial charge on any atom is 0.255 e. The van der Waals surface area contributed by atoms with Crippen LogP contribution in [0.1, 0.15) is 28.5 Å². The van der Waals surface area contributed by atoms with Crippen molar-refractivity contribution in [3.8, 4) is 11.4 Å². The van der Waals surface area contributed by atoms with Crippen LogP contribution in [0.25, 0.3) is 11.4 Å². The highest BCUT2D eigenvalue weighted by Crippen LogP contribution is 2.32. The van der Waals surface area contributed by atoms with Crippen LogP contribution in [0.4, 0.5) is 17.3 Å². The smallest absolute Gasteiger partial charge is 0.255 e. The number of aromatic nitrogens is 4. The van der Waals surface area contributed by atoms with Gasteiger partial charge in [0.15, 0.2) is 5.82 Å². The maximum absolute atomic E-state index is 13.2. The number of nitrogens with zero attached hydrogens (tertiary/aromatic N) is 5. The molecule has 1 amide bonds. The number of carbonyl (C=O) groups is 1. The lowest BCUT2D eigenvalue weighted by atomic mass is 10.0. The van der Waals surface area contributed by atoms with Gasteiger partial charge in [-0.25, -0.2) is 9.97 Å². The Kier molecular flexibility index (Phi) is 6.76. The number of hydrogen-bond donors (Lipinski definition) is 2. The molecule has 0 bridgehead atoms. The number of aromatic amines is 1. The lowest BCUT2D eigenvalue weighted by Crippen LogP contribution is -2.45. The van der Waals surface area contributed by atoms with Crippen molar-refractivity contribution in [3.63, 3.8) is 0 Å². The van der Waals surface area contributed by atoms with Crippen LogP contribution in [0, 0.1) is 0 Å². The van der Waals surface area contributed by atoms with Crippen LogP contribution < -0.4 is 15.8 Å². The van der Waals surface area contributed by atoms with E-state index in [1.165, 1.54) is 6.07 Å². The Morgan fingerprint density at radius 2 is 1.95 bits per heavy atom. The number of rotatable bonds is 5. The molecule has 0 aliphatic carbocycles. The zero-order chi connectivity index (χ0) is 26.8. The van der Waals surface area contributed by atoms with E-state index in [9.17, 15) is 9.59 Å². The number of benzene rings is 1. The molecule has 4 aromatic rings. The molecule has 1 unspecified atom stereocenters. The van der Waals surface area contributed by atoms with E-state index < -0.39 is 0 Å². The van der Waals surface area contributed by atoms with Gasteiger partial charge in [-0.1, -0.05) is 6.07 Å². The van der Waals surface area contributed by atoms with Gasteiger partial charge >= 0.3 is 0 Å². The molecule has 2 aliphatic heterocycles. The predicted octanol–water partition coefficient (Wildman–Crippen LogP) is 3.39. The summed E-state index contributed by atoms with van der Waals surface area (Å²) in [4.78, 5) is 45.8. The van der Waals surface area contributed by atoms with E-state index >= 15 is 0 Å². The molecule has 1 saturated heterocycles. The van der Waals surface area contributed by atoms with Gasteiger partial charge in [0.2, 0.25) is 5.56 Å². The number of hydrogen-bond acceptors (Lipinski definition) is 8. The summed E-state index contributed by atoms with van der Waals surface area (Å²) in [5, 5.41) is 3.21. The molecular formula is C29H29N7O3. The van der Waals surface area contributed by atoms with Crippen molar-refractivity contribution in [2.45, 2.75) is 25.9 Å². The second kappa shape index (κ2) is 10.7. The van der Waals surface area contributed by atoms with E-state index in [0.717, 1.165) is 34.9 Å². The van der Waals surface area contributed by atoms with Crippen LogP contribution in [0.15, 0.2) is 71.8 Å². The number of anilines is 3. The second-order valence-corrected chi connectivity index (χ2v) is 9.76. The Hall–Kier alpha value is -4.57. The van der Waals surface area contributed by atoms with Gasteiger partial charge in [-0.3, -0.25) is 14.6 Å². The fourth-order valence-corrected chi connectivity index (χ4v) is 5.04. The maximum atomic E-state index is 13.2. The summed E-state index contributed by atoms with van der Waals surface area (Å²) < 4.78 is 5.69. The van der Waals surface area contributed by atoms with Crippen LogP contribution in [0.5, 0.6) is 0 Å². The van der Waals surface area contributed by atoms with Crippen molar-refractivity contribution in [1.29, 1.82) is 0 Å². The highest BCUT2D eigenvalue weighted by Gasteiger charge is 2.30. The Bertz CT molecular complexity index is 1540. The van der Waals surface area contributed by atoms with E-state index in [1.807, 2.05) is 29.2 Å². The Morgan fingerprint density at radius 1 is 1.08 bits per heavy atom. The Morgan fingerprint density at radius 3 is 2.72 bits per heavy atom. The molecule has 1 fully saturated rings.